The third kappa shape index (κ3) is 59.7. The normalized spacial score (nSPS) is 17.7. The molecule has 0 atom stereocenters. The van der Waals surface area contributed by atoms with E-state index >= 15 is 0 Å². The molecule has 1 saturated heterocycles. The first-order chi connectivity index (χ1) is 10.0. The summed E-state index contributed by atoms with van der Waals surface area (Å²) in [5.74, 6) is 5.03. The summed E-state index contributed by atoms with van der Waals surface area (Å²) in [5, 5.41) is 6.88. The Hall–Kier alpha value is 1.40. The third-order valence-electron chi connectivity index (χ3n) is 1.69. The fourth-order valence-corrected chi connectivity index (χ4v) is 2.59. The Morgan fingerprint density at radius 3 is 0.870 bits per heavy atom. The van der Waals surface area contributed by atoms with Gasteiger partial charge in [-0.15, -0.1) is 20.5 Å². The van der Waals surface area contributed by atoms with Gasteiger partial charge in [-0.05, 0) is 0 Å². The maximum atomic E-state index is 8.49. The van der Waals surface area contributed by atoms with Crippen molar-refractivity contribution in [2.24, 2.45) is 0 Å². The molecule has 0 saturated carbocycles. The number of nitrogens with one attached hydrogen (secondary N) is 2. The number of hydrogen-bond donors (Lipinski definition) is 2. The second-order valence-corrected chi connectivity index (χ2v) is 7.44. The summed E-state index contributed by atoms with van der Waals surface area (Å²) in [5.41, 5.74) is 0. The van der Waals surface area contributed by atoms with Crippen molar-refractivity contribution in [2.45, 2.75) is 0 Å². The smallest absolute Gasteiger partial charge is 0.315 e. The van der Waals surface area contributed by atoms with Crippen LogP contribution in [0.25, 0.3) is 0 Å². The van der Waals surface area contributed by atoms with Gasteiger partial charge in [0, 0.05) is 49.2 Å². The van der Waals surface area contributed by atoms with Crippen LogP contribution in [0.5, 0.6) is 0 Å². The fraction of sp³-hybridized carbons (Fsp3) is 1.00. The zero-order chi connectivity index (χ0) is 17.5. The number of rotatable bonds is 0. The van der Waals surface area contributed by atoms with E-state index in [1.807, 2.05) is 23.5 Å². The molecule has 0 spiro atoms. The topological polar surface area (TPSA) is 209 Å². The van der Waals surface area contributed by atoms with Gasteiger partial charge >= 0.3 is 17.1 Å². The van der Waals surface area contributed by atoms with E-state index in [1.165, 1.54) is 49.2 Å². The van der Waals surface area contributed by atoms with E-state index in [4.69, 9.17) is 37.3 Å². The standard InChI is InChI=1S/C8H18N2S2.2ClHO4.Cu/c1-5-11-7-3-10-4-8-12-6-2-9-1;2*2-1(3,4)5;/h9-10H,1-8H2;2*(H,2,3,4,5);/q;;;+2/p-2. The van der Waals surface area contributed by atoms with E-state index in [0.29, 0.717) is 0 Å². The zero-order valence-corrected chi connectivity index (χ0v) is 15.9. The fourth-order valence-electron chi connectivity index (χ4n) is 1.03. The molecule has 1 fully saturated rings. The Kier molecular flexibility index (Phi) is 23.1. The van der Waals surface area contributed by atoms with Gasteiger partial charge in [0.25, 0.3) is 0 Å². The summed E-state index contributed by atoms with van der Waals surface area (Å²) in [6.45, 7) is 4.69. The van der Waals surface area contributed by atoms with Gasteiger partial charge in [0.15, 0.2) is 0 Å². The average molecular weight is 469 g/mol. The molecule has 10 nitrogen and oxygen atoms in total. The first-order valence-corrected chi connectivity index (χ1v) is 10.6. The van der Waals surface area contributed by atoms with Gasteiger partial charge in [0.05, 0.1) is 0 Å². The minimum absolute atomic E-state index is 0. The molecule has 1 radical (unpaired) electrons. The Bertz CT molecular complexity index is 184. The van der Waals surface area contributed by atoms with Crippen molar-refractivity contribution in [1.82, 2.24) is 10.6 Å². The van der Waals surface area contributed by atoms with Crippen molar-refractivity contribution >= 4 is 23.5 Å². The summed E-state index contributed by atoms with van der Waals surface area (Å²) in [7, 11) is -9.89. The van der Waals surface area contributed by atoms with Crippen LogP contribution < -0.4 is 47.9 Å². The van der Waals surface area contributed by atoms with Crippen LogP contribution in [0.1, 0.15) is 0 Å². The summed E-state index contributed by atoms with van der Waals surface area (Å²) in [6.07, 6.45) is 0. The molecule has 0 bridgehead atoms. The maximum absolute atomic E-state index is 8.49. The summed E-state index contributed by atoms with van der Waals surface area (Å²) < 4.78 is 67.9. The second-order valence-electron chi connectivity index (χ2n) is 3.48. The largest absolute Gasteiger partial charge is 2.00 e. The van der Waals surface area contributed by atoms with Crippen LogP contribution in [0.3, 0.4) is 0 Å². The number of halogens is 2. The summed E-state index contributed by atoms with van der Waals surface area (Å²) in [6, 6.07) is 0. The van der Waals surface area contributed by atoms with Crippen LogP contribution in [-0.4, -0.2) is 49.2 Å². The molecule has 1 heterocycles. The van der Waals surface area contributed by atoms with Crippen molar-refractivity contribution in [3.63, 3.8) is 0 Å². The van der Waals surface area contributed by atoms with Gasteiger partial charge in [-0.3, -0.25) is 0 Å². The average Bonchev–Trinajstić information content (AvgIpc) is 2.25. The summed E-state index contributed by atoms with van der Waals surface area (Å²) in [4.78, 5) is 0. The molecular formula is C8H18Cl2CuN2O8S2. The van der Waals surface area contributed by atoms with E-state index in [9.17, 15) is 0 Å². The van der Waals surface area contributed by atoms with Crippen LogP contribution >= 0.6 is 23.5 Å². The molecule has 0 aliphatic carbocycles. The third-order valence-corrected chi connectivity index (χ3v) is 3.66. The molecule has 0 unspecified atom stereocenters. The summed E-state index contributed by atoms with van der Waals surface area (Å²) >= 11 is 4.07. The van der Waals surface area contributed by atoms with E-state index in [-0.39, 0.29) is 17.1 Å². The minimum atomic E-state index is -4.94. The van der Waals surface area contributed by atoms with Gasteiger partial charge < -0.3 is 10.6 Å². The molecule has 15 heteroatoms. The van der Waals surface area contributed by atoms with E-state index < -0.39 is 20.5 Å². The Labute approximate surface area is 158 Å². The van der Waals surface area contributed by atoms with Crippen LogP contribution in [0.2, 0.25) is 0 Å². The monoisotopic (exact) mass is 467 g/mol. The van der Waals surface area contributed by atoms with Crippen LogP contribution in [-0.2, 0) is 17.1 Å². The Morgan fingerprint density at radius 1 is 0.522 bits per heavy atom. The van der Waals surface area contributed by atoms with Crippen molar-refractivity contribution < 1.29 is 74.8 Å². The maximum Gasteiger partial charge on any atom is 2.00 e. The first-order valence-electron chi connectivity index (χ1n) is 5.80. The van der Waals surface area contributed by atoms with E-state index in [1.54, 1.807) is 0 Å². The molecule has 2 N–H and O–H groups in total. The molecule has 1 aliphatic rings. The molecule has 0 aromatic rings. The van der Waals surface area contributed by atoms with Crippen molar-refractivity contribution in [3.05, 3.63) is 0 Å². The van der Waals surface area contributed by atoms with Gasteiger partial charge in [0.1, 0.15) is 0 Å². The molecule has 23 heavy (non-hydrogen) atoms. The van der Waals surface area contributed by atoms with Crippen molar-refractivity contribution in [1.29, 1.82) is 0 Å². The van der Waals surface area contributed by atoms with Crippen LogP contribution in [0.4, 0.5) is 0 Å². The van der Waals surface area contributed by atoms with Crippen LogP contribution in [0, 0.1) is 20.5 Å². The van der Waals surface area contributed by atoms with Gasteiger partial charge in [0.2, 0.25) is 0 Å². The molecular weight excluding hydrogens is 451 g/mol. The number of hydrogen-bond acceptors (Lipinski definition) is 12. The quantitative estimate of drug-likeness (QED) is 0.317. The molecule has 0 amide bonds. The number of thioether (sulfide) groups is 2. The predicted molar refractivity (Wildman–Crippen MR) is 60.4 cm³/mol. The van der Waals surface area contributed by atoms with Gasteiger partial charge in [-0.2, -0.15) is 23.5 Å². The minimum Gasteiger partial charge on any atom is -0.315 e. The molecule has 1 aliphatic heterocycles. The predicted octanol–water partition coefficient (Wildman–Crippen LogP) is -8.87. The van der Waals surface area contributed by atoms with E-state index in [0.717, 1.165) is 0 Å². The zero-order valence-electron chi connectivity index (χ0n) is 11.8. The van der Waals surface area contributed by atoms with Crippen molar-refractivity contribution in [3.8, 4) is 0 Å². The SMILES string of the molecule is C1CSCCNCCSCCN1.[Cu+2].[O-][Cl+3]([O-])([O-])[O-].[O-][Cl+3]([O-])([O-])[O-]. The molecule has 1 rings (SSSR count). The molecule has 0 aromatic carbocycles. The Balaban J connectivity index is -0.000000307. The molecule has 0 aromatic heterocycles. The van der Waals surface area contributed by atoms with Gasteiger partial charge in [-0.1, -0.05) is 0 Å². The van der Waals surface area contributed by atoms with Crippen LogP contribution in [0.15, 0.2) is 0 Å². The molecule has 145 valence electrons. The second kappa shape index (κ2) is 18.2. The van der Waals surface area contributed by atoms with Gasteiger partial charge in [-0.25, -0.2) is 37.3 Å². The Morgan fingerprint density at radius 2 is 0.696 bits per heavy atom. The first kappa shape index (κ1) is 29.2. The van der Waals surface area contributed by atoms with Crippen molar-refractivity contribution in [2.75, 3.05) is 49.2 Å². The van der Waals surface area contributed by atoms with E-state index in [2.05, 4.69) is 10.6 Å².